The molecule has 0 amide bonds. The molecular formula is C15H12N2O4. The number of benzene rings is 1. The van der Waals surface area contributed by atoms with Crippen LogP contribution in [0.25, 0.3) is 10.9 Å². The number of rotatable bonds is 3. The van der Waals surface area contributed by atoms with E-state index in [-0.39, 0.29) is 6.54 Å². The summed E-state index contributed by atoms with van der Waals surface area (Å²) < 4.78 is 11.2. The van der Waals surface area contributed by atoms with Crippen LogP contribution in [0, 0.1) is 0 Å². The van der Waals surface area contributed by atoms with E-state index in [4.69, 9.17) is 9.15 Å². The maximum Gasteiger partial charge on any atom is 0.422 e. The molecule has 0 fully saturated rings. The van der Waals surface area contributed by atoms with Gasteiger partial charge in [0.2, 0.25) is 0 Å². The summed E-state index contributed by atoms with van der Waals surface area (Å²) in [6, 6.07) is 8.84. The van der Waals surface area contributed by atoms with Crippen molar-refractivity contribution in [2.24, 2.45) is 0 Å². The van der Waals surface area contributed by atoms with E-state index in [1.54, 1.807) is 19.2 Å². The number of fused-ring (bicyclic) bond motifs is 1. The molecule has 0 spiro atoms. The zero-order chi connectivity index (χ0) is 14.8. The third kappa shape index (κ3) is 2.43. The Morgan fingerprint density at radius 1 is 1.19 bits per heavy atom. The van der Waals surface area contributed by atoms with Crippen molar-refractivity contribution in [2.75, 3.05) is 7.11 Å². The Kier molecular flexibility index (Phi) is 3.27. The average Bonchev–Trinajstić information content (AvgIpc) is 2.52. The first-order valence-electron chi connectivity index (χ1n) is 6.29. The second kappa shape index (κ2) is 5.24. The van der Waals surface area contributed by atoms with Crippen LogP contribution in [-0.2, 0) is 6.54 Å². The number of methoxy groups -OCH3 is 1. The first-order chi connectivity index (χ1) is 10.2. The Morgan fingerprint density at radius 2 is 1.95 bits per heavy atom. The molecule has 0 aliphatic heterocycles. The molecule has 0 bridgehead atoms. The van der Waals surface area contributed by atoms with E-state index < -0.39 is 11.4 Å². The van der Waals surface area contributed by atoms with Crippen LogP contribution in [-0.4, -0.2) is 16.7 Å². The fraction of sp³-hybridized carbons (Fsp3) is 0.133. The van der Waals surface area contributed by atoms with Crippen LogP contribution in [0.3, 0.4) is 0 Å². The largest absolute Gasteiger partial charge is 0.497 e. The van der Waals surface area contributed by atoms with E-state index in [0.717, 1.165) is 11.3 Å². The first kappa shape index (κ1) is 13.1. The number of hydrogen-bond donors (Lipinski definition) is 0. The molecule has 3 aromatic rings. The van der Waals surface area contributed by atoms with E-state index in [2.05, 4.69) is 4.98 Å². The molecule has 3 rings (SSSR count). The minimum absolute atomic E-state index is 0.287. The highest BCUT2D eigenvalue weighted by Gasteiger charge is 2.09. The van der Waals surface area contributed by atoms with Crippen molar-refractivity contribution in [3.05, 3.63) is 69.3 Å². The van der Waals surface area contributed by atoms with Gasteiger partial charge >= 0.3 is 11.4 Å². The minimum atomic E-state index is -0.698. The van der Waals surface area contributed by atoms with E-state index in [0.29, 0.717) is 10.9 Å². The summed E-state index contributed by atoms with van der Waals surface area (Å²) in [5.41, 5.74) is 0.690. The van der Waals surface area contributed by atoms with Crippen molar-refractivity contribution in [3.8, 4) is 5.75 Å². The summed E-state index contributed by atoms with van der Waals surface area (Å²) in [5.74, 6) is 0.0357. The highest BCUT2D eigenvalue weighted by Crippen LogP contribution is 2.13. The molecule has 0 N–H and O–H groups in total. The summed E-state index contributed by atoms with van der Waals surface area (Å²) in [6.45, 7) is 0.287. The Hall–Kier alpha value is -2.89. The van der Waals surface area contributed by atoms with Crippen molar-refractivity contribution in [3.63, 3.8) is 0 Å². The van der Waals surface area contributed by atoms with Gasteiger partial charge in [-0.05, 0) is 23.8 Å². The van der Waals surface area contributed by atoms with Crippen molar-refractivity contribution >= 4 is 10.9 Å². The Morgan fingerprint density at radius 3 is 2.67 bits per heavy atom. The lowest BCUT2D eigenvalue weighted by atomic mass is 10.2. The van der Waals surface area contributed by atoms with Gasteiger partial charge in [0, 0.05) is 6.20 Å². The van der Waals surface area contributed by atoms with E-state index >= 15 is 0 Å². The molecule has 6 nitrogen and oxygen atoms in total. The lowest BCUT2D eigenvalue weighted by Gasteiger charge is -2.08. The van der Waals surface area contributed by atoms with Gasteiger partial charge in [-0.15, -0.1) is 0 Å². The molecule has 0 aliphatic rings. The highest BCUT2D eigenvalue weighted by atomic mass is 16.5. The van der Waals surface area contributed by atoms with Crippen molar-refractivity contribution in [1.82, 2.24) is 9.55 Å². The lowest BCUT2D eigenvalue weighted by Crippen LogP contribution is -2.25. The third-order valence-corrected chi connectivity index (χ3v) is 3.21. The number of ether oxygens (including phenoxy) is 1. The summed E-state index contributed by atoms with van der Waals surface area (Å²) >= 11 is 0. The molecule has 106 valence electrons. The van der Waals surface area contributed by atoms with Gasteiger partial charge in [-0.25, -0.2) is 9.59 Å². The average molecular weight is 284 g/mol. The highest BCUT2D eigenvalue weighted by molar-refractivity contribution is 5.76. The Labute approximate surface area is 119 Å². The van der Waals surface area contributed by atoms with Gasteiger partial charge in [-0.3, -0.25) is 9.55 Å². The van der Waals surface area contributed by atoms with Crippen LogP contribution in [0.4, 0.5) is 0 Å². The first-order valence-corrected chi connectivity index (χ1v) is 6.29. The molecule has 6 heteroatoms. The molecule has 2 aromatic heterocycles. The van der Waals surface area contributed by atoms with Crippen LogP contribution in [0.15, 0.2) is 56.7 Å². The molecule has 1 aromatic carbocycles. The van der Waals surface area contributed by atoms with Crippen LogP contribution in [0.2, 0.25) is 0 Å². The standard InChI is InChI=1S/C15H12N2O4/c1-20-11-4-2-10(3-5-11)9-17-13-8-16-7-6-12(13)14(18)21-15(17)19/h2-8H,9H2,1H3. The van der Waals surface area contributed by atoms with Gasteiger partial charge in [0.25, 0.3) is 0 Å². The number of hydrogen-bond acceptors (Lipinski definition) is 5. The van der Waals surface area contributed by atoms with Gasteiger partial charge in [0.1, 0.15) is 5.75 Å². The SMILES string of the molecule is COc1ccc(Cn2c(=O)oc(=O)c3ccncc32)cc1. The zero-order valence-corrected chi connectivity index (χ0v) is 11.3. The molecule has 2 heterocycles. The topological polar surface area (TPSA) is 74.3 Å². The summed E-state index contributed by atoms with van der Waals surface area (Å²) in [5, 5.41) is 0.332. The number of nitrogens with zero attached hydrogens (tertiary/aromatic N) is 2. The molecule has 0 atom stereocenters. The monoisotopic (exact) mass is 284 g/mol. The predicted molar refractivity (Wildman–Crippen MR) is 76.6 cm³/mol. The third-order valence-electron chi connectivity index (χ3n) is 3.21. The van der Waals surface area contributed by atoms with E-state index in [1.165, 1.54) is 23.0 Å². The second-order valence-corrected chi connectivity index (χ2v) is 4.48. The molecule has 0 radical (unpaired) electrons. The van der Waals surface area contributed by atoms with Gasteiger partial charge in [-0.1, -0.05) is 12.1 Å². The van der Waals surface area contributed by atoms with Crippen LogP contribution in [0.5, 0.6) is 5.75 Å². The normalized spacial score (nSPS) is 10.7. The predicted octanol–water partition coefficient (Wildman–Crippen LogP) is 1.41. The number of aromatic nitrogens is 2. The fourth-order valence-electron chi connectivity index (χ4n) is 2.12. The van der Waals surface area contributed by atoms with Gasteiger partial charge < -0.3 is 9.15 Å². The molecule has 0 saturated heterocycles. The van der Waals surface area contributed by atoms with Crippen LogP contribution >= 0.6 is 0 Å². The maximum absolute atomic E-state index is 11.9. The van der Waals surface area contributed by atoms with Crippen molar-refractivity contribution < 1.29 is 9.15 Å². The molecule has 21 heavy (non-hydrogen) atoms. The zero-order valence-electron chi connectivity index (χ0n) is 11.3. The van der Waals surface area contributed by atoms with Gasteiger partial charge in [0.15, 0.2) is 0 Å². The molecule has 0 unspecified atom stereocenters. The summed E-state index contributed by atoms with van der Waals surface area (Å²) in [4.78, 5) is 27.6. The smallest absolute Gasteiger partial charge is 0.422 e. The Balaban J connectivity index is 2.11. The second-order valence-electron chi connectivity index (χ2n) is 4.48. The van der Waals surface area contributed by atoms with E-state index in [9.17, 15) is 9.59 Å². The van der Waals surface area contributed by atoms with Crippen molar-refractivity contribution in [1.29, 1.82) is 0 Å². The summed E-state index contributed by atoms with van der Waals surface area (Å²) in [7, 11) is 1.59. The molecule has 0 aliphatic carbocycles. The fourth-order valence-corrected chi connectivity index (χ4v) is 2.12. The molecular weight excluding hydrogens is 272 g/mol. The quantitative estimate of drug-likeness (QED) is 0.727. The molecule has 0 saturated carbocycles. The Bertz CT molecular complexity index is 894. The lowest BCUT2D eigenvalue weighted by molar-refractivity contribution is 0.414. The summed E-state index contributed by atoms with van der Waals surface area (Å²) in [6.07, 6.45) is 2.97. The van der Waals surface area contributed by atoms with E-state index in [1.807, 2.05) is 12.1 Å². The van der Waals surface area contributed by atoms with Gasteiger partial charge in [0.05, 0.1) is 30.8 Å². The maximum atomic E-state index is 11.9. The van der Waals surface area contributed by atoms with Crippen molar-refractivity contribution in [2.45, 2.75) is 6.54 Å². The van der Waals surface area contributed by atoms with Crippen LogP contribution < -0.4 is 16.1 Å². The van der Waals surface area contributed by atoms with Crippen LogP contribution in [0.1, 0.15) is 5.56 Å². The number of pyridine rings is 1. The van der Waals surface area contributed by atoms with Gasteiger partial charge in [-0.2, -0.15) is 0 Å². The minimum Gasteiger partial charge on any atom is -0.497 e.